The summed E-state index contributed by atoms with van der Waals surface area (Å²) in [5.41, 5.74) is 0.679. The van der Waals surface area contributed by atoms with Crippen LogP contribution in [0.2, 0.25) is 0 Å². The molecule has 1 atom stereocenters. The zero-order valence-electron chi connectivity index (χ0n) is 15.0. The molecule has 5 heteroatoms. The van der Waals surface area contributed by atoms with E-state index in [-0.39, 0.29) is 18.0 Å². The van der Waals surface area contributed by atoms with Crippen molar-refractivity contribution in [1.82, 2.24) is 15.1 Å². The number of piperidine rings is 1. The number of urea groups is 1. The van der Waals surface area contributed by atoms with Gasteiger partial charge < -0.3 is 15.1 Å². The first kappa shape index (κ1) is 18.3. The molecular formula is C19H29N3O2. The molecule has 0 unspecified atom stereocenters. The van der Waals surface area contributed by atoms with Gasteiger partial charge >= 0.3 is 6.03 Å². The minimum Gasteiger partial charge on any atom is -0.352 e. The van der Waals surface area contributed by atoms with Crippen molar-refractivity contribution in [2.45, 2.75) is 39.7 Å². The topological polar surface area (TPSA) is 52.7 Å². The van der Waals surface area contributed by atoms with E-state index >= 15 is 0 Å². The summed E-state index contributed by atoms with van der Waals surface area (Å²) >= 11 is 0. The molecule has 0 saturated carbocycles. The molecule has 0 aromatic heterocycles. The first-order valence-corrected chi connectivity index (χ1v) is 8.91. The molecule has 2 rings (SSSR count). The average molecular weight is 331 g/mol. The van der Waals surface area contributed by atoms with Crippen LogP contribution in [0.5, 0.6) is 0 Å². The van der Waals surface area contributed by atoms with Crippen molar-refractivity contribution in [3.63, 3.8) is 0 Å². The Morgan fingerprint density at radius 2 is 2.00 bits per heavy atom. The molecule has 5 nitrogen and oxygen atoms in total. The van der Waals surface area contributed by atoms with Crippen LogP contribution < -0.4 is 5.32 Å². The van der Waals surface area contributed by atoms with Crippen LogP contribution in [0.15, 0.2) is 30.3 Å². The van der Waals surface area contributed by atoms with Crippen molar-refractivity contribution in [1.29, 1.82) is 0 Å². The summed E-state index contributed by atoms with van der Waals surface area (Å²) in [6, 6.07) is 9.58. The number of carbonyl (C=O) groups is 2. The van der Waals surface area contributed by atoms with Gasteiger partial charge in [0.05, 0.1) is 0 Å². The lowest BCUT2D eigenvalue weighted by Gasteiger charge is -2.37. The number of benzene rings is 1. The molecule has 0 radical (unpaired) electrons. The molecule has 24 heavy (non-hydrogen) atoms. The van der Waals surface area contributed by atoms with E-state index in [0.29, 0.717) is 18.0 Å². The molecule has 1 saturated heterocycles. The second kappa shape index (κ2) is 8.71. The minimum absolute atomic E-state index is 0.0450. The van der Waals surface area contributed by atoms with Gasteiger partial charge in [-0.3, -0.25) is 4.79 Å². The Bertz CT molecular complexity index is 545. The number of rotatable bonds is 5. The van der Waals surface area contributed by atoms with Crippen LogP contribution in [0.4, 0.5) is 4.79 Å². The number of carbonyl (C=O) groups excluding carboxylic acids is 2. The van der Waals surface area contributed by atoms with Gasteiger partial charge in [0.15, 0.2) is 0 Å². The van der Waals surface area contributed by atoms with Gasteiger partial charge in [0.25, 0.3) is 5.91 Å². The van der Waals surface area contributed by atoms with Crippen LogP contribution in [-0.2, 0) is 0 Å². The summed E-state index contributed by atoms with van der Waals surface area (Å²) in [7, 11) is 0. The highest BCUT2D eigenvalue weighted by molar-refractivity contribution is 5.94. The molecule has 1 N–H and O–H groups in total. The predicted molar refractivity (Wildman–Crippen MR) is 96.0 cm³/mol. The summed E-state index contributed by atoms with van der Waals surface area (Å²) in [5, 5.41) is 3.00. The fourth-order valence-corrected chi connectivity index (χ4v) is 3.24. The second-order valence-electron chi connectivity index (χ2n) is 6.69. The Hall–Kier alpha value is -2.04. The van der Waals surface area contributed by atoms with E-state index in [2.05, 4.69) is 5.32 Å². The van der Waals surface area contributed by atoms with Crippen LogP contribution in [0.1, 0.15) is 44.0 Å². The van der Waals surface area contributed by atoms with Gasteiger partial charge in [0.2, 0.25) is 0 Å². The van der Waals surface area contributed by atoms with Gasteiger partial charge in [-0.05, 0) is 51.7 Å². The van der Waals surface area contributed by atoms with Crippen LogP contribution in [-0.4, -0.2) is 54.0 Å². The zero-order chi connectivity index (χ0) is 17.5. The highest BCUT2D eigenvalue weighted by Crippen LogP contribution is 2.18. The maximum Gasteiger partial charge on any atom is 0.320 e. The molecule has 1 heterocycles. The lowest BCUT2D eigenvalue weighted by molar-refractivity contribution is 0.0929. The first-order valence-electron chi connectivity index (χ1n) is 8.91. The second-order valence-corrected chi connectivity index (χ2v) is 6.69. The highest BCUT2D eigenvalue weighted by atomic mass is 16.2. The maximum atomic E-state index is 12.6. The first-order chi connectivity index (χ1) is 11.5. The normalized spacial score (nSPS) is 17.7. The van der Waals surface area contributed by atoms with Gasteiger partial charge in [-0.15, -0.1) is 0 Å². The molecule has 1 aromatic carbocycles. The van der Waals surface area contributed by atoms with Gasteiger partial charge in [0.1, 0.15) is 0 Å². The van der Waals surface area contributed by atoms with Gasteiger partial charge in [-0.25, -0.2) is 4.79 Å². The predicted octanol–water partition coefficient (Wildman–Crippen LogP) is 2.98. The SMILES string of the molecule is CCN(C(=O)N1CCC[C@H](CNC(=O)c2ccccc2)C1)C(C)C. The van der Waals surface area contributed by atoms with E-state index in [0.717, 1.165) is 32.5 Å². The van der Waals surface area contributed by atoms with Crippen molar-refractivity contribution in [2.24, 2.45) is 5.92 Å². The van der Waals surface area contributed by atoms with E-state index in [1.807, 2.05) is 60.9 Å². The third-order valence-corrected chi connectivity index (χ3v) is 4.59. The number of nitrogens with one attached hydrogen (secondary N) is 1. The summed E-state index contributed by atoms with van der Waals surface area (Å²) in [6.45, 7) is 8.97. The average Bonchev–Trinajstić information content (AvgIpc) is 2.61. The summed E-state index contributed by atoms with van der Waals surface area (Å²) in [6.07, 6.45) is 2.04. The molecule has 0 spiro atoms. The van der Waals surface area contributed by atoms with Crippen molar-refractivity contribution in [3.8, 4) is 0 Å². The van der Waals surface area contributed by atoms with Crippen LogP contribution in [0, 0.1) is 5.92 Å². The van der Waals surface area contributed by atoms with Crippen molar-refractivity contribution in [2.75, 3.05) is 26.2 Å². The Labute approximate surface area is 145 Å². The fraction of sp³-hybridized carbons (Fsp3) is 0.579. The smallest absolute Gasteiger partial charge is 0.320 e. The van der Waals surface area contributed by atoms with E-state index in [1.165, 1.54) is 0 Å². The number of likely N-dealkylation sites (tertiary alicyclic amines) is 1. The van der Waals surface area contributed by atoms with Gasteiger partial charge in [-0.1, -0.05) is 18.2 Å². The molecule has 132 valence electrons. The molecular weight excluding hydrogens is 302 g/mol. The molecule has 1 aromatic rings. The van der Waals surface area contributed by atoms with Gasteiger partial charge in [0, 0.05) is 37.8 Å². The fourth-order valence-electron chi connectivity index (χ4n) is 3.24. The maximum absolute atomic E-state index is 12.6. The summed E-state index contributed by atoms with van der Waals surface area (Å²) in [4.78, 5) is 28.6. The zero-order valence-corrected chi connectivity index (χ0v) is 15.0. The van der Waals surface area contributed by atoms with E-state index < -0.39 is 0 Å². The Kier molecular flexibility index (Phi) is 6.64. The molecule has 0 aliphatic carbocycles. The number of hydrogen-bond donors (Lipinski definition) is 1. The standard InChI is InChI=1S/C19H29N3O2/c1-4-22(15(2)3)19(24)21-12-8-9-16(14-21)13-20-18(23)17-10-6-5-7-11-17/h5-7,10-11,15-16H,4,8-9,12-14H2,1-3H3,(H,20,23)/t16-/m1/s1. The lowest BCUT2D eigenvalue weighted by atomic mass is 9.98. The third-order valence-electron chi connectivity index (χ3n) is 4.59. The van der Waals surface area contributed by atoms with Gasteiger partial charge in [-0.2, -0.15) is 0 Å². The lowest BCUT2D eigenvalue weighted by Crippen LogP contribution is -2.51. The van der Waals surface area contributed by atoms with Crippen LogP contribution in [0.25, 0.3) is 0 Å². The quantitative estimate of drug-likeness (QED) is 0.902. The van der Waals surface area contributed by atoms with Crippen molar-refractivity contribution in [3.05, 3.63) is 35.9 Å². The Morgan fingerprint density at radius 3 is 2.62 bits per heavy atom. The Morgan fingerprint density at radius 1 is 1.29 bits per heavy atom. The molecule has 1 aliphatic heterocycles. The van der Waals surface area contributed by atoms with Crippen LogP contribution >= 0.6 is 0 Å². The molecule has 0 bridgehead atoms. The molecule has 1 fully saturated rings. The third kappa shape index (κ3) is 4.73. The Balaban J connectivity index is 1.87. The van der Waals surface area contributed by atoms with Crippen molar-refractivity contribution < 1.29 is 9.59 Å². The highest BCUT2D eigenvalue weighted by Gasteiger charge is 2.27. The minimum atomic E-state index is -0.0450. The monoisotopic (exact) mass is 331 g/mol. The number of amides is 3. The molecule has 1 aliphatic rings. The largest absolute Gasteiger partial charge is 0.352 e. The van der Waals surface area contributed by atoms with E-state index in [9.17, 15) is 9.59 Å². The van der Waals surface area contributed by atoms with Crippen molar-refractivity contribution >= 4 is 11.9 Å². The molecule has 3 amide bonds. The number of nitrogens with zero attached hydrogens (tertiary/aromatic N) is 2. The van der Waals surface area contributed by atoms with Crippen LogP contribution in [0.3, 0.4) is 0 Å². The summed E-state index contributed by atoms with van der Waals surface area (Å²) < 4.78 is 0. The number of hydrogen-bond acceptors (Lipinski definition) is 2. The summed E-state index contributed by atoms with van der Waals surface area (Å²) in [5.74, 6) is 0.276. The van der Waals surface area contributed by atoms with E-state index in [4.69, 9.17) is 0 Å². The van der Waals surface area contributed by atoms with E-state index in [1.54, 1.807) is 0 Å².